The predicted octanol–water partition coefficient (Wildman–Crippen LogP) is 17.4. The third-order valence-corrected chi connectivity index (χ3v) is 13.2. The fourth-order valence-corrected chi connectivity index (χ4v) is 8.82. The predicted molar refractivity (Wildman–Crippen MR) is 278 cm³/mol. The summed E-state index contributed by atoms with van der Waals surface area (Å²) in [6.07, 6.45) is 69.8. The Hall–Kier alpha value is -1.43. The summed E-state index contributed by atoms with van der Waals surface area (Å²) in [5.41, 5.74) is 0. The standard InChI is InChI=1S/C58H111NO4/c1-3-5-7-9-11-13-15-16-17-18-19-20-21-22-23-24-25-26-27-28-29-30-31-32-33-34-35-36-37-38-39-40-41-43-45-47-49-51-53-57(62)58(63)59-55(54-60)56(61)52-50-48-46-44-42-14-12-10-8-6-4-2/h8,10,42,44,50,52,55-57,60-62H,3-7,9,11-41,43,45-49,51,53-54H2,1-2H3,(H,59,63)/b10-8+,44-42+,52-50+. The van der Waals surface area contributed by atoms with E-state index in [1.165, 1.54) is 231 Å². The van der Waals surface area contributed by atoms with Crippen LogP contribution in [0, 0.1) is 0 Å². The average molecular weight is 887 g/mol. The summed E-state index contributed by atoms with van der Waals surface area (Å²) in [5, 5.41) is 33.1. The maximum absolute atomic E-state index is 12.5. The SMILES string of the molecule is CCC/C=C/CC/C=C/CC/C=C/C(O)C(CO)NC(=O)C(O)CCCCCCCCCCCCCCCCCCCCCCCCCCCCCCCCCCCCCCCC. The van der Waals surface area contributed by atoms with Crippen LogP contribution in [0.5, 0.6) is 0 Å². The first-order valence-corrected chi connectivity index (χ1v) is 28.3. The number of rotatable bonds is 52. The van der Waals surface area contributed by atoms with Crippen LogP contribution in [0.3, 0.4) is 0 Å². The zero-order valence-corrected chi connectivity index (χ0v) is 42.5. The van der Waals surface area contributed by atoms with Crippen molar-refractivity contribution in [1.82, 2.24) is 5.32 Å². The molecule has 0 saturated carbocycles. The van der Waals surface area contributed by atoms with E-state index in [1.54, 1.807) is 6.08 Å². The van der Waals surface area contributed by atoms with Crippen molar-refractivity contribution >= 4 is 5.91 Å². The minimum Gasteiger partial charge on any atom is -0.394 e. The third kappa shape index (κ3) is 48.3. The Bertz CT molecular complexity index is 978. The van der Waals surface area contributed by atoms with Crippen molar-refractivity contribution < 1.29 is 20.1 Å². The van der Waals surface area contributed by atoms with Gasteiger partial charge in [0.05, 0.1) is 18.8 Å². The van der Waals surface area contributed by atoms with Gasteiger partial charge in [-0.15, -0.1) is 0 Å². The van der Waals surface area contributed by atoms with Gasteiger partial charge in [-0.25, -0.2) is 0 Å². The molecule has 3 unspecified atom stereocenters. The normalized spacial score (nSPS) is 13.5. The molecule has 0 aromatic rings. The lowest BCUT2D eigenvalue weighted by atomic mass is 10.0. The molecule has 0 aliphatic rings. The number of amides is 1. The van der Waals surface area contributed by atoms with Crippen molar-refractivity contribution in [1.29, 1.82) is 0 Å². The van der Waals surface area contributed by atoms with Gasteiger partial charge in [0.25, 0.3) is 0 Å². The summed E-state index contributed by atoms with van der Waals surface area (Å²) in [6, 6.07) is -0.818. The van der Waals surface area contributed by atoms with Gasteiger partial charge >= 0.3 is 0 Å². The first-order valence-electron chi connectivity index (χ1n) is 28.3. The fraction of sp³-hybridized carbons (Fsp3) is 0.879. The minimum atomic E-state index is -1.11. The van der Waals surface area contributed by atoms with Gasteiger partial charge in [0.15, 0.2) is 0 Å². The molecule has 0 spiro atoms. The molecule has 0 aliphatic carbocycles. The number of aliphatic hydroxyl groups excluding tert-OH is 3. The summed E-state index contributed by atoms with van der Waals surface area (Å²) >= 11 is 0. The van der Waals surface area contributed by atoms with Crippen molar-refractivity contribution in [3.05, 3.63) is 36.5 Å². The van der Waals surface area contributed by atoms with Gasteiger partial charge < -0.3 is 20.6 Å². The quantitative estimate of drug-likeness (QED) is 0.0362. The van der Waals surface area contributed by atoms with E-state index in [0.717, 1.165) is 51.4 Å². The van der Waals surface area contributed by atoms with Gasteiger partial charge in [-0.1, -0.05) is 301 Å². The molecule has 0 saturated heterocycles. The van der Waals surface area contributed by atoms with Crippen LogP contribution in [-0.4, -0.2) is 46.1 Å². The van der Waals surface area contributed by atoms with E-state index in [2.05, 4.69) is 43.5 Å². The highest BCUT2D eigenvalue weighted by Crippen LogP contribution is 2.18. The molecule has 3 atom stereocenters. The largest absolute Gasteiger partial charge is 0.394 e. The highest BCUT2D eigenvalue weighted by atomic mass is 16.3. The van der Waals surface area contributed by atoms with Crippen LogP contribution >= 0.6 is 0 Å². The number of allylic oxidation sites excluding steroid dienone is 5. The van der Waals surface area contributed by atoms with E-state index in [1.807, 2.05) is 6.08 Å². The van der Waals surface area contributed by atoms with Crippen molar-refractivity contribution in [3.8, 4) is 0 Å². The molecule has 0 heterocycles. The summed E-state index contributed by atoms with van der Waals surface area (Å²) in [4.78, 5) is 12.5. The van der Waals surface area contributed by atoms with Crippen molar-refractivity contribution in [2.45, 2.75) is 321 Å². The first-order chi connectivity index (χ1) is 31.1. The molecule has 0 bridgehead atoms. The molecule has 372 valence electrons. The average Bonchev–Trinajstić information content (AvgIpc) is 3.29. The van der Waals surface area contributed by atoms with Gasteiger partial charge in [-0.05, 0) is 38.5 Å². The van der Waals surface area contributed by atoms with E-state index in [9.17, 15) is 20.1 Å². The molecule has 5 nitrogen and oxygen atoms in total. The molecular weight excluding hydrogens is 775 g/mol. The maximum atomic E-state index is 12.5. The molecular formula is C58H111NO4. The van der Waals surface area contributed by atoms with E-state index in [0.29, 0.717) is 6.42 Å². The number of carbonyl (C=O) groups is 1. The number of carbonyl (C=O) groups excluding carboxylic acids is 1. The molecule has 0 aliphatic heterocycles. The second kappa shape index (κ2) is 53.2. The summed E-state index contributed by atoms with van der Waals surface area (Å²) in [5.74, 6) is -0.515. The Kier molecular flexibility index (Phi) is 52.0. The van der Waals surface area contributed by atoms with Crippen LogP contribution in [0.2, 0.25) is 0 Å². The lowest BCUT2D eigenvalue weighted by molar-refractivity contribution is -0.131. The minimum absolute atomic E-state index is 0.380. The van der Waals surface area contributed by atoms with Crippen LogP contribution in [0.25, 0.3) is 0 Å². The van der Waals surface area contributed by atoms with Gasteiger partial charge in [0.2, 0.25) is 5.91 Å². The van der Waals surface area contributed by atoms with Crippen LogP contribution in [0.4, 0.5) is 0 Å². The zero-order chi connectivity index (χ0) is 45.8. The lowest BCUT2D eigenvalue weighted by Crippen LogP contribution is -2.48. The molecule has 0 aromatic carbocycles. The molecule has 5 heteroatoms. The monoisotopic (exact) mass is 886 g/mol. The van der Waals surface area contributed by atoms with Crippen molar-refractivity contribution in [2.24, 2.45) is 0 Å². The number of hydrogen-bond acceptors (Lipinski definition) is 4. The Morgan fingerprint density at radius 2 is 0.651 bits per heavy atom. The van der Waals surface area contributed by atoms with Crippen LogP contribution in [-0.2, 0) is 4.79 Å². The smallest absolute Gasteiger partial charge is 0.249 e. The van der Waals surface area contributed by atoms with Crippen LogP contribution in [0.15, 0.2) is 36.5 Å². The second-order valence-electron chi connectivity index (χ2n) is 19.5. The topological polar surface area (TPSA) is 89.8 Å². The molecule has 0 fully saturated rings. The number of aliphatic hydroxyl groups is 3. The number of nitrogens with one attached hydrogen (secondary N) is 1. The zero-order valence-electron chi connectivity index (χ0n) is 42.5. The highest BCUT2D eigenvalue weighted by molar-refractivity contribution is 5.80. The van der Waals surface area contributed by atoms with Gasteiger partial charge in [-0.3, -0.25) is 4.79 Å². The van der Waals surface area contributed by atoms with E-state index >= 15 is 0 Å². The Morgan fingerprint density at radius 3 is 0.937 bits per heavy atom. The van der Waals surface area contributed by atoms with Gasteiger partial charge in [0.1, 0.15) is 6.10 Å². The van der Waals surface area contributed by atoms with Gasteiger partial charge in [-0.2, -0.15) is 0 Å². The fourth-order valence-electron chi connectivity index (χ4n) is 8.82. The molecule has 0 rings (SSSR count). The summed E-state index contributed by atoms with van der Waals surface area (Å²) in [6.45, 7) is 4.11. The first kappa shape index (κ1) is 61.6. The lowest BCUT2D eigenvalue weighted by Gasteiger charge is -2.21. The van der Waals surface area contributed by atoms with Crippen LogP contribution < -0.4 is 5.32 Å². The Morgan fingerprint density at radius 1 is 0.381 bits per heavy atom. The molecule has 63 heavy (non-hydrogen) atoms. The highest BCUT2D eigenvalue weighted by Gasteiger charge is 2.22. The van der Waals surface area contributed by atoms with E-state index in [4.69, 9.17) is 0 Å². The van der Waals surface area contributed by atoms with Crippen LogP contribution in [0.1, 0.15) is 303 Å². The number of unbranched alkanes of at least 4 members (excludes halogenated alkanes) is 40. The number of hydrogen-bond donors (Lipinski definition) is 4. The molecule has 1 amide bonds. The third-order valence-electron chi connectivity index (χ3n) is 13.2. The van der Waals surface area contributed by atoms with E-state index in [-0.39, 0.29) is 6.61 Å². The molecule has 4 N–H and O–H groups in total. The van der Waals surface area contributed by atoms with Crippen molar-refractivity contribution in [2.75, 3.05) is 6.61 Å². The molecule has 0 aromatic heterocycles. The van der Waals surface area contributed by atoms with E-state index < -0.39 is 24.2 Å². The molecule has 0 radical (unpaired) electrons. The summed E-state index contributed by atoms with van der Waals surface area (Å²) < 4.78 is 0. The second-order valence-corrected chi connectivity index (χ2v) is 19.5. The Balaban J connectivity index is 3.41. The Labute approximate surface area is 394 Å². The van der Waals surface area contributed by atoms with Crippen molar-refractivity contribution in [3.63, 3.8) is 0 Å². The van der Waals surface area contributed by atoms with Gasteiger partial charge in [0, 0.05) is 0 Å². The summed E-state index contributed by atoms with van der Waals surface area (Å²) in [7, 11) is 0. The maximum Gasteiger partial charge on any atom is 0.249 e.